The van der Waals surface area contributed by atoms with Crippen molar-refractivity contribution in [2.24, 2.45) is 0 Å². The number of rotatable bonds is 0. The molecule has 2 heteroatoms. The zero-order valence-corrected chi connectivity index (χ0v) is 4.72. The van der Waals surface area contributed by atoms with Crippen LogP contribution in [0.15, 0.2) is 29.9 Å². The van der Waals surface area contributed by atoms with Gasteiger partial charge in [-0.05, 0) is 30.2 Å². The van der Waals surface area contributed by atoms with Gasteiger partial charge in [0.15, 0.2) is 5.78 Å². The molecule has 0 aliphatic heterocycles. The third kappa shape index (κ3) is 1.24. The number of allylic oxidation sites excluding steroid dienone is 5. The highest BCUT2D eigenvalue weighted by molar-refractivity contribution is 6.02. The fraction of sp³-hybridized carbons (Fsp3) is 0. The molecule has 0 aromatic rings. The summed E-state index contributed by atoms with van der Waals surface area (Å²) in [6.07, 6.45) is 5.96. The van der Waals surface area contributed by atoms with E-state index in [2.05, 4.69) is 5.87 Å². The second kappa shape index (κ2) is 2.25. The Kier molecular flexibility index (Phi) is 1.43. The van der Waals surface area contributed by atoms with Crippen LogP contribution in [0.4, 0.5) is 0 Å². The van der Waals surface area contributed by atoms with Gasteiger partial charge in [-0.3, -0.25) is 10.2 Å². The van der Waals surface area contributed by atoms with Crippen LogP contribution in [-0.2, 0) is 4.79 Å². The zero-order chi connectivity index (χ0) is 6.69. The standard InChI is InChI=1S/C7H5NO/c8-5-6-1-3-7(9)4-2-6/h1-4,8H. The molecule has 0 fully saturated rings. The van der Waals surface area contributed by atoms with Crippen LogP contribution in [0, 0.1) is 5.41 Å². The van der Waals surface area contributed by atoms with Gasteiger partial charge >= 0.3 is 0 Å². The van der Waals surface area contributed by atoms with E-state index >= 15 is 0 Å². The molecule has 0 radical (unpaired) electrons. The number of hydrogen-bond acceptors (Lipinski definition) is 2. The molecular formula is C7H5NO. The van der Waals surface area contributed by atoms with Crippen LogP contribution in [0.2, 0.25) is 0 Å². The van der Waals surface area contributed by atoms with Crippen LogP contribution in [0.5, 0.6) is 0 Å². The van der Waals surface area contributed by atoms with Crippen molar-refractivity contribution in [3.8, 4) is 0 Å². The molecule has 0 spiro atoms. The second-order valence-corrected chi connectivity index (χ2v) is 1.65. The van der Waals surface area contributed by atoms with E-state index < -0.39 is 0 Å². The molecule has 0 unspecified atom stereocenters. The van der Waals surface area contributed by atoms with E-state index in [9.17, 15) is 4.79 Å². The lowest BCUT2D eigenvalue weighted by atomic mass is 10.1. The summed E-state index contributed by atoms with van der Waals surface area (Å²) in [5.41, 5.74) is 0.634. The van der Waals surface area contributed by atoms with Gasteiger partial charge in [0.2, 0.25) is 0 Å². The molecule has 0 atom stereocenters. The van der Waals surface area contributed by atoms with Gasteiger partial charge in [0.05, 0.1) is 0 Å². The van der Waals surface area contributed by atoms with E-state index in [4.69, 9.17) is 5.41 Å². The summed E-state index contributed by atoms with van der Waals surface area (Å²) < 4.78 is 0. The minimum Gasteiger partial charge on any atom is -0.290 e. The minimum atomic E-state index is -0.0333. The van der Waals surface area contributed by atoms with Crippen LogP contribution in [0.25, 0.3) is 0 Å². The Morgan fingerprint density at radius 2 is 1.78 bits per heavy atom. The van der Waals surface area contributed by atoms with Crippen molar-refractivity contribution in [3.63, 3.8) is 0 Å². The number of carbonyl (C=O) groups excluding carboxylic acids is 1. The van der Waals surface area contributed by atoms with Gasteiger partial charge in [0.1, 0.15) is 0 Å². The first-order chi connectivity index (χ1) is 4.33. The van der Waals surface area contributed by atoms with E-state index in [1.54, 1.807) is 12.2 Å². The van der Waals surface area contributed by atoms with Gasteiger partial charge in [-0.1, -0.05) is 0 Å². The smallest absolute Gasteiger partial charge is 0.178 e. The van der Waals surface area contributed by atoms with Crippen LogP contribution in [0.3, 0.4) is 0 Å². The molecular weight excluding hydrogens is 114 g/mol. The van der Waals surface area contributed by atoms with Gasteiger partial charge in [-0.2, -0.15) is 0 Å². The fourth-order valence-corrected chi connectivity index (χ4v) is 0.538. The Balaban J connectivity index is 2.94. The molecule has 9 heavy (non-hydrogen) atoms. The first-order valence-corrected chi connectivity index (χ1v) is 2.53. The van der Waals surface area contributed by atoms with E-state index in [1.807, 2.05) is 0 Å². The van der Waals surface area contributed by atoms with Gasteiger partial charge < -0.3 is 0 Å². The predicted molar refractivity (Wildman–Crippen MR) is 34.5 cm³/mol. The van der Waals surface area contributed by atoms with Crippen molar-refractivity contribution in [2.75, 3.05) is 0 Å². The highest BCUT2D eigenvalue weighted by Crippen LogP contribution is 2.00. The summed E-state index contributed by atoms with van der Waals surface area (Å²) in [5, 5.41) is 6.66. The van der Waals surface area contributed by atoms with Crippen molar-refractivity contribution in [1.82, 2.24) is 0 Å². The molecule has 0 bridgehead atoms. The molecule has 0 amide bonds. The lowest BCUT2D eigenvalue weighted by molar-refractivity contribution is -0.110. The molecule has 1 aliphatic carbocycles. The van der Waals surface area contributed by atoms with E-state index in [-0.39, 0.29) is 5.78 Å². The van der Waals surface area contributed by atoms with Gasteiger partial charge in [0, 0.05) is 5.57 Å². The average Bonchev–Trinajstić information content (AvgIpc) is 1.90. The molecule has 2 nitrogen and oxygen atoms in total. The molecule has 1 N–H and O–H groups in total. The lowest BCUT2D eigenvalue weighted by Crippen LogP contribution is -1.90. The summed E-state index contributed by atoms with van der Waals surface area (Å²) in [4.78, 5) is 10.4. The highest BCUT2D eigenvalue weighted by Gasteiger charge is 1.95. The molecule has 1 rings (SSSR count). The Hall–Kier alpha value is -1.40. The van der Waals surface area contributed by atoms with E-state index in [0.717, 1.165) is 0 Å². The van der Waals surface area contributed by atoms with Gasteiger partial charge in [-0.15, -0.1) is 0 Å². The van der Waals surface area contributed by atoms with Crippen molar-refractivity contribution in [3.05, 3.63) is 29.9 Å². The molecule has 0 saturated carbocycles. The topological polar surface area (TPSA) is 40.9 Å². The van der Waals surface area contributed by atoms with Crippen molar-refractivity contribution in [2.45, 2.75) is 0 Å². The van der Waals surface area contributed by atoms with Crippen LogP contribution in [0.1, 0.15) is 0 Å². The molecule has 0 saturated heterocycles. The summed E-state index contributed by atoms with van der Waals surface area (Å²) >= 11 is 0. The minimum absolute atomic E-state index is 0.0333. The van der Waals surface area contributed by atoms with Crippen LogP contribution >= 0.6 is 0 Å². The normalized spacial score (nSPS) is 16.0. The molecule has 0 aromatic carbocycles. The Labute approximate surface area is 52.7 Å². The number of ketones is 1. The largest absolute Gasteiger partial charge is 0.290 e. The summed E-state index contributed by atoms with van der Waals surface area (Å²) in [5.74, 6) is 2.13. The predicted octanol–water partition coefficient (Wildman–Crippen LogP) is 0.856. The third-order valence-corrected chi connectivity index (χ3v) is 0.999. The first kappa shape index (κ1) is 5.73. The maximum Gasteiger partial charge on any atom is 0.178 e. The average molecular weight is 119 g/mol. The molecule has 1 aliphatic rings. The van der Waals surface area contributed by atoms with Crippen molar-refractivity contribution in [1.29, 1.82) is 5.41 Å². The molecule has 0 aromatic heterocycles. The van der Waals surface area contributed by atoms with Gasteiger partial charge in [-0.25, -0.2) is 0 Å². The van der Waals surface area contributed by atoms with E-state index in [1.165, 1.54) is 12.2 Å². The van der Waals surface area contributed by atoms with E-state index in [0.29, 0.717) is 5.57 Å². The third-order valence-electron chi connectivity index (χ3n) is 0.999. The van der Waals surface area contributed by atoms with Crippen molar-refractivity contribution < 1.29 is 4.79 Å². The quantitative estimate of drug-likeness (QED) is 0.472. The van der Waals surface area contributed by atoms with Crippen molar-refractivity contribution >= 4 is 11.7 Å². The number of hydrogen-bond donors (Lipinski definition) is 1. The summed E-state index contributed by atoms with van der Waals surface area (Å²) in [7, 11) is 0. The monoisotopic (exact) mass is 119 g/mol. The summed E-state index contributed by atoms with van der Waals surface area (Å²) in [6, 6.07) is 0. The molecule has 0 heterocycles. The lowest BCUT2D eigenvalue weighted by Gasteiger charge is -1.91. The maximum absolute atomic E-state index is 10.4. The van der Waals surface area contributed by atoms with Gasteiger partial charge in [0.25, 0.3) is 0 Å². The SMILES string of the molecule is N=C=C1C=CC(=O)C=C1. The number of carbonyl (C=O) groups is 1. The first-order valence-electron chi connectivity index (χ1n) is 2.53. The van der Waals surface area contributed by atoms with Crippen LogP contribution in [-0.4, -0.2) is 11.7 Å². The second-order valence-electron chi connectivity index (χ2n) is 1.65. The Morgan fingerprint density at radius 1 is 1.22 bits per heavy atom. The fourth-order valence-electron chi connectivity index (χ4n) is 0.538. The highest BCUT2D eigenvalue weighted by atomic mass is 16.1. The zero-order valence-electron chi connectivity index (χ0n) is 4.72. The number of nitrogens with one attached hydrogen (secondary N) is 1. The molecule has 44 valence electrons. The van der Waals surface area contributed by atoms with Crippen LogP contribution < -0.4 is 0 Å². The Morgan fingerprint density at radius 3 is 2.22 bits per heavy atom. The summed E-state index contributed by atoms with van der Waals surface area (Å²) in [6.45, 7) is 0. The Bertz CT molecular complexity index is 224. The maximum atomic E-state index is 10.4.